The molecule has 0 bridgehead atoms. The maximum absolute atomic E-state index is 14.1. The van der Waals surface area contributed by atoms with Gasteiger partial charge in [0.05, 0.1) is 6.04 Å². The Morgan fingerprint density at radius 3 is 2.44 bits per heavy atom. The van der Waals surface area contributed by atoms with Crippen LogP contribution in [0.3, 0.4) is 0 Å². The molecule has 0 spiro atoms. The summed E-state index contributed by atoms with van der Waals surface area (Å²) in [5.74, 6) is -0.516. The first-order chi connectivity index (χ1) is 16.3. The number of urea groups is 1. The number of hydrogen-bond donors (Lipinski definition) is 1. The minimum Gasteiger partial charge on any atom is -0.348 e. The molecule has 6 nitrogen and oxygen atoms in total. The van der Waals surface area contributed by atoms with Gasteiger partial charge in [0.1, 0.15) is 12.4 Å². The summed E-state index contributed by atoms with van der Waals surface area (Å²) >= 11 is 0. The van der Waals surface area contributed by atoms with E-state index >= 15 is 0 Å². The van der Waals surface area contributed by atoms with E-state index in [9.17, 15) is 14.0 Å². The Kier molecular flexibility index (Phi) is 6.72. The highest BCUT2D eigenvalue weighted by Gasteiger charge is 2.34. The van der Waals surface area contributed by atoms with Gasteiger partial charge in [-0.05, 0) is 68.7 Å². The van der Waals surface area contributed by atoms with Crippen LogP contribution in [0.2, 0.25) is 0 Å². The molecule has 2 aromatic carbocycles. The topological polar surface area (TPSA) is 57.6 Å². The van der Waals surface area contributed by atoms with Crippen molar-refractivity contribution in [1.82, 2.24) is 14.4 Å². The van der Waals surface area contributed by atoms with E-state index in [4.69, 9.17) is 0 Å². The number of aryl methyl sites for hydroxylation is 2. The number of nitrogens with one attached hydrogen (secondary N) is 1. The van der Waals surface area contributed by atoms with Crippen molar-refractivity contribution in [3.63, 3.8) is 0 Å². The second-order valence-electron chi connectivity index (χ2n) is 9.09. The molecule has 4 rings (SSSR count). The highest BCUT2D eigenvalue weighted by molar-refractivity contribution is 5.94. The highest BCUT2D eigenvalue weighted by Crippen LogP contribution is 2.33. The molecule has 7 heteroatoms. The van der Waals surface area contributed by atoms with Crippen LogP contribution in [0.5, 0.6) is 0 Å². The molecule has 3 amide bonds. The Balaban J connectivity index is 1.59. The number of carbonyl (C=O) groups is 2. The third-order valence-corrected chi connectivity index (χ3v) is 6.43. The van der Waals surface area contributed by atoms with Crippen LogP contribution in [-0.4, -0.2) is 45.4 Å². The molecule has 1 atom stereocenters. The molecule has 1 aromatic heterocycles. The molecule has 0 saturated heterocycles. The summed E-state index contributed by atoms with van der Waals surface area (Å²) in [5, 5.41) is 2.99. The molecule has 1 aliphatic heterocycles. The molecule has 2 heterocycles. The molecule has 1 N–H and O–H groups in total. The van der Waals surface area contributed by atoms with E-state index in [1.165, 1.54) is 12.1 Å². The molecule has 3 aromatic rings. The molecular formula is C27H31FN4O2. The molecule has 0 unspecified atom stereocenters. The van der Waals surface area contributed by atoms with Crippen LogP contribution >= 0.6 is 0 Å². The Hall–Kier alpha value is -3.61. The lowest BCUT2D eigenvalue weighted by Crippen LogP contribution is -2.50. The summed E-state index contributed by atoms with van der Waals surface area (Å²) < 4.78 is 16.2. The maximum atomic E-state index is 14.1. The van der Waals surface area contributed by atoms with Crippen molar-refractivity contribution in [2.24, 2.45) is 0 Å². The SMILES string of the molecule is Cc1cccc(C)c1NC(=O)N(CC(=O)N1CCn2cccc2[C@@H]1c1cccc(F)c1)C(C)C. The van der Waals surface area contributed by atoms with Crippen LogP contribution < -0.4 is 5.32 Å². The van der Waals surface area contributed by atoms with Gasteiger partial charge in [-0.2, -0.15) is 0 Å². The number of anilines is 1. The molecule has 1 aliphatic rings. The second-order valence-corrected chi connectivity index (χ2v) is 9.09. The van der Waals surface area contributed by atoms with Crippen molar-refractivity contribution in [1.29, 1.82) is 0 Å². The quantitative estimate of drug-likeness (QED) is 0.572. The Morgan fingerprint density at radius 2 is 1.76 bits per heavy atom. The lowest BCUT2D eigenvalue weighted by molar-refractivity contribution is -0.134. The van der Waals surface area contributed by atoms with Crippen LogP contribution in [0, 0.1) is 19.7 Å². The summed E-state index contributed by atoms with van der Waals surface area (Å²) in [7, 11) is 0. The first-order valence-corrected chi connectivity index (χ1v) is 11.6. The fourth-order valence-electron chi connectivity index (χ4n) is 4.60. The van der Waals surface area contributed by atoms with Gasteiger partial charge in [0.2, 0.25) is 5.91 Å². The number of fused-ring (bicyclic) bond motifs is 1. The number of rotatable bonds is 5. The largest absolute Gasteiger partial charge is 0.348 e. The van der Waals surface area contributed by atoms with Crippen molar-refractivity contribution in [3.05, 3.63) is 89.0 Å². The van der Waals surface area contributed by atoms with Gasteiger partial charge in [-0.25, -0.2) is 9.18 Å². The van der Waals surface area contributed by atoms with Crippen LogP contribution in [-0.2, 0) is 11.3 Å². The van der Waals surface area contributed by atoms with E-state index in [-0.39, 0.29) is 30.3 Å². The number of halogens is 1. The van der Waals surface area contributed by atoms with Gasteiger partial charge in [0.15, 0.2) is 0 Å². The minimum atomic E-state index is -0.414. The van der Waals surface area contributed by atoms with Crippen molar-refractivity contribution in [3.8, 4) is 0 Å². The number of nitrogens with zero attached hydrogens (tertiary/aromatic N) is 3. The number of benzene rings is 2. The number of hydrogen-bond acceptors (Lipinski definition) is 2. The molecule has 178 valence electrons. The van der Waals surface area contributed by atoms with Crippen LogP contribution in [0.25, 0.3) is 0 Å². The number of amides is 3. The van der Waals surface area contributed by atoms with E-state index < -0.39 is 6.04 Å². The zero-order valence-corrected chi connectivity index (χ0v) is 20.1. The van der Waals surface area contributed by atoms with Gasteiger partial charge < -0.3 is 19.7 Å². The number of carbonyl (C=O) groups excluding carboxylic acids is 2. The Bertz CT molecular complexity index is 1180. The van der Waals surface area contributed by atoms with Crippen molar-refractivity contribution >= 4 is 17.6 Å². The van der Waals surface area contributed by atoms with Gasteiger partial charge in [0.25, 0.3) is 0 Å². The van der Waals surface area contributed by atoms with E-state index in [1.807, 2.05) is 70.3 Å². The van der Waals surface area contributed by atoms with Gasteiger partial charge in [-0.15, -0.1) is 0 Å². The summed E-state index contributed by atoms with van der Waals surface area (Å²) in [6.45, 7) is 8.73. The monoisotopic (exact) mass is 462 g/mol. The molecule has 0 saturated carbocycles. The van der Waals surface area contributed by atoms with Gasteiger partial charge in [-0.1, -0.05) is 30.3 Å². The number of para-hydroxylation sites is 1. The van der Waals surface area contributed by atoms with Crippen LogP contribution in [0.1, 0.15) is 42.3 Å². The normalized spacial score (nSPS) is 15.2. The fourth-order valence-corrected chi connectivity index (χ4v) is 4.60. The number of aromatic nitrogens is 1. The summed E-state index contributed by atoms with van der Waals surface area (Å²) in [5.41, 5.74) is 4.34. The summed E-state index contributed by atoms with van der Waals surface area (Å²) in [4.78, 5) is 30.1. The highest BCUT2D eigenvalue weighted by atomic mass is 19.1. The lowest BCUT2D eigenvalue weighted by atomic mass is 9.99. The fraction of sp³-hybridized carbons (Fsp3) is 0.333. The second kappa shape index (κ2) is 9.71. The van der Waals surface area contributed by atoms with Crippen LogP contribution in [0.4, 0.5) is 14.9 Å². The Labute approximate surface area is 200 Å². The first kappa shape index (κ1) is 23.5. The Morgan fingerprint density at radius 1 is 1.06 bits per heavy atom. The zero-order chi connectivity index (χ0) is 24.4. The average molecular weight is 463 g/mol. The van der Waals surface area contributed by atoms with Gasteiger partial charge in [0, 0.05) is 36.7 Å². The summed E-state index contributed by atoms with van der Waals surface area (Å²) in [6.07, 6.45) is 1.97. The maximum Gasteiger partial charge on any atom is 0.322 e. The average Bonchev–Trinajstić information content (AvgIpc) is 3.27. The standard InChI is InChI=1S/C27H31FN4O2/c1-18(2)32(27(34)29-25-19(3)8-5-9-20(25)4)17-24(33)31-15-14-30-13-7-12-23(30)26(31)21-10-6-11-22(28)16-21/h5-13,16,18,26H,14-15,17H2,1-4H3,(H,29,34)/t26-/m0/s1. The third kappa shape index (κ3) is 4.69. The molecular weight excluding hydrogens is 431 g/mol. The predicted octanol–water partition coefficient (Wildman–Crippen LogP) is 5.12. The minimum absolute atomic E-state index is 0.0685. The van der Waals surface area contributed by atoms with E-state index in [0.717, 1.165) is 22.5 Å². The zero-order valence-electron chi connectivity index (χ0n) is 20.1. The van der Waals surface area contributed by atoms with E-state index in [0.29, 0.717) is 18.7 Å². The van der Waals surface area contributed by atoms with E-state index in [1.54, 1.807) is 15.9 Å². The molecule has 0 aliphatic carbocycles. The molecule has 34 heavy (non-hydrogen) atoms. The van der Waals surface area contributed by atoms with Crippen molar-refractivity contribution in [2.45, 2.75) is 46.3 Å². The van der Waals surface area contributed by atoms with Gasteiger partial charge in [-0.3, -0.25) is 4.79 Å². The van der Waals surface area contributed by atoms with E-state index in [2.05, 4.69) is 9.88 Å². The molecule has 0 fully saturated rings. The lowest BCUT2D eigenvalue weighted by Gasteiger charge is -2.39. The molecule has 0 radical (unpaired) electrons. The van der Waals surface area contributed by atoms with Crippen molar-refractivity contribution < 1.29 is 14.0 Å². The van der Waals surface area contributed by atoms with Crippen LogP contribution in [0.15, 0.2) is 60.8 Å². The third-order valence-electron chi connectivity index (χ3n) is 6.43. The van der Waals surface area contributed by atoms with Gasteiger partial charge >= 0.3 is 6.03 Å². The first-order valence-electron chi connectivity index (χ1n) is 11.6. The van der Waals surface area contributed by atoms with Crippen molar-refractivity contribution in [2.75, 3.05) is 18.4 Å². The summed E-state index contributed by atoms with van der Waals surface area (Å²) in [6, 6.07) is 15.2. The predicted molar refractivity (Wildman–Crippen MR) is 131 cm³/mol. The smallest absolute Gasteiger partial charge is 0.322 e.